The van der Waals surface area contributed by atoms with Crippen LogP contribution in [0.2, 0.25) is 0 Å². The fourth-order valence-corrected chi connectivity index (χ4v) is 2.49. The van der Waals surface area contributed by atoms with E-state index in [0.717, 1.165) is 23.7 Å². The number of anilines is 2. The van der Waals surface area contributed by atoms with Gasteiger partial charge >= 0.3 is 0 Å². The molecule has 0 saturated heterocycles. The number of unbranched alkanes of at least 4 members (excludes halogenated alkanes) is 1. The van der Waals surface area contributed by atoms with E-state index in [1.165, 1.54) is 25.7 Å². The van der Waals surface area contributed by atoms with Gasteiger partial charge in [0.1, 0.15) is 0 Å². The van der Waals surface area contributed by atoms with Gasteiger partial charge in [0, 0.05) is 19.6 Å². The van der Waals surface area contributed by atoms with E-state index >= 15 is 0 Å². The van der Waals surface area contributed by atoms with Crippen molar-refractivity contribution in [2.45, 2.75) is 58.4 Å². The fourth-order valence-electron chi connectivity index (χ4n) is 2.49. The van der Waals surface area contributed by atoms with Gasteiger partial charge in [0.05, 0.1) is 11.4 Å². The number of aromatic nitrogens is 2. The van der Waals surface area contributed by atoms with Gasteiger partial charge in [0.15, 0.2) is 5.82 Å². The van der Waals surface area contributed by atoms with E-state index in [9.17, 15) is 0 Å². The number of rotatable bonds is 6. The number of nitrogen functional groups attached to an aromatic ring is 1. The van der Waals surface area contributed by atoms with Crippen LogP contribution in [-0.4, -0.2) is 22.4 Å². The molecule has 102 valence electrons. The molecule has 1 aliphatic carbocycles. The minimum atomic E-state index is 0.386. The number of aryl methyl sites for hydroxylation is 1. The summed E-state index contributed by atoms with van der Waals surface area (Å²) in [6.45, 7) is 7.63. The third-order valence-electron chi connectivity index (χ3n) is 3.64. The molecule has 2 rings (SSSR count). The van der Waals surface area contributed by atoms with Gasteiger partial charge in [0.25, 0.3) is 0 Å². The number of hydrogen-bond donors (Lipinski definition) is 1. The molecule has 0 unspecified atom stereocenters. The summed E-state index contributed by atoms with van der Waals surface area (Å²) >= 11 is 0. The maximum Gasteiger partial charge on any atom is 0.150 e. The van der Waals surface area contributed by atoms with Crippen molar-refractivity contribution in [3.63, 3.8) is 0 Å². The summed E-state index contributed by atoms with van der Waals surface area (Å²) in [4.78, 5) is 2.47. The van der Waals surface area contributed by atoms with Crippen molar-refractivity contribution in [3.05, 3.63) is 5.69 Å². The van der Waals surface area contributed by atoms with Crippen molar-refractivity contribution < 1.29 is 0 Å². The van der Waals surface area contributed by atoms with Gasteiger partial charge in [-0.1, -0.05) is 27.2 Å². The lowest BCUT2D eigenvalue weighted by Gasteiger charge is -2.25. The third kappa shape index (κ3) is 2.47. The first-order valence-corrected chi connectivity index (χ1v) is 7.15. The maximum atomic E-state index is 6.32. The Kier molecular flexibility index (Phi) is 3.83. The molecule has 1 saturated carbocycles. The highest BCUT2D eigenvalue weighted by Gasteiger charge is 2.32. The molecule has 0 atom stereocenters. The number of nitrogens with two attached hydrogens (primary N) is 1. The summed E-state index contributed by atoms with van der Waals surface area (Å²) in [5, 5.41) is 4.60. The molecule has 0 radical (unpaired) electrons. The normalized spacial score (nSPS) is 15.4. The number of nitrogens with zero attached hydrogens (tertiary/aromatic N) is 3. The Morgan fingerprint density at radius 2 is 2.11 bits per heavy atom. The monoisotopic (exact) mass is 250 g/mol. The number of hydrogen-bond acceptors (Lipinski definition) is 3. The van der Waals surface area contributed by atoms with Crippen LogP contribution in [-0.2, 0) is 7.05 Å². The molecular formula is C14H26N4. The van der Waals surface area contributed by atoms with Crippen molar-refractivity contribution in [2.24, 2.45) is 7.05 Å². The Morgan fingerprint density at radius 1 is 1.44 bits per heavy atom. The molecule has 1 heterocycles. The first-order chi connectivity index (χ1) is 8.56. The van der Waals surface area contributed by atoms with E-state index in [4.69, 9.17) is 5.73 Å². The van der Waals surface area contributed by atoms with Crippen LogP contribution >= 0.6 is 0 Å². The van der Waals surface area contributed by atoms with E-state index < -0.39 is 0 Å². The molecular weight excluding hydrogens is 224 g/mol. The lowest BCUT2D eigenvalue weighted by Crippen LogP contribution is -2.29. The van der Waals surface area contributed by atoms with Crippen LogP contribution in [0.3, 0.4) is 0 Å². The summed E-state index contributed by atoms with van der Waals surface area (Å²) in [6, 6.07) is 0.689. The summed E-state index contributed by atoms with van der Waals surface area (Å²) in [5.74, 6) is 1.52. The van der Waals surface area contributed by atoms with Crippen molar-refractivity contribution in [1.29, 1.82) is 0 Å². The Morgan fingerprint density at radius 3 is 2.56 bits per heavy atom. The van der Waals surface area contributed by atoms with Gasteiger partial charge in [-0.2, -0.15) is 5.10 Å². The standard InChI is InChI=1S/C14H26N4/c1-5-6-9-18(11-7-8-11)14-12(15)13(10(2)3)16-17(14)4/h10-11H,5-9,15H2,1-4H3. The molecule has 0 bridgehead atoms. The van der Waals surface area contributed by atoms with Crippen molar-refractivity contribution in [2.75, 3.05) is 17.2 Å². The first-order valence-electron chi connectivity index (χ1n) is 7.15. The highest BCUT2D eigenvalue weighted by molar-refractivity contribution is 5.68. The molecule has 1 aliphatic rings. The predicted molar refractivity (Wildman–Crippen MR) is 77.0 cm³/mol. The second-order valence-electron chi connectivity index (χ2n) is 5.68. The molecule has 18 heavy (non-hydrogen) atoms. The Balaban J connectivity index is 2.29. The lowest BCUT2D eigenvalue weighted by molar-refractivity contribution is 0.656. The molecule has 2 N–H and O–H groups in total. The second kappa shape index (κ2) is 5.21. The molecule has 0 aromatic carbocycles. The van der Waals surface area contributed by atoms with Crippen LogP contribution < -0.4 is 10.6 Å². The smallest absolute Gasteiger partial charge is 0.150 e. The van der Waals surface area contributed by atoms with E-state index in [0.29, 0.717) is 12.0 Å². The average Bonchev–Trinajstić information content (AvgIpc) is 3.09. The molecule has 1 fully saturated rings. The van der Waals surface area contributed by atoms with E-state index in [2.05, 4.69) is 30.8 Å². The van der Waals surface area contributed by atoms with Crippen LogP contribution in [0.5, 0.6) is 0 Å². The van der Waals surface area contributed by atoms with Gasteiger partial charge in [0.2, 0.25) is 0 Å². The highest BCUT2D eigenvalue weighted by atomic mass is 15.4. The molecule has 0 amide bonds. The van der Waals surface area contributed by atoms with E-state index in [1.807, 2.05) is 11.7 Å². The second-order valence-corrected chi connectivity index (χ2v) is 5.68. The highest BCUT2D eigenvalue weighted by Crippen LogP contribution is 2.37. The zero-order valence-electron chi connectivity index (χ0n) is 12.1. The lowest BCUT2D eigenvalue weighted by atomic mass is 10.1. The molecule has 4 heteroatoms. The van der Waals surface area contributed by atoms with E-state index in [-0.39, 0.29) is 0 Å². The van der Waals surface area contributed by atoms with E-state index in [1.54, 1.807) is 0 Å². The minimum absolute atomic E-state index is 0.386. The minimum Gasteiger partial charge on any atom is -0.394 e. The Bertz CT molecular complexity index is 404. The Hall–Kier alpha value is -1.19. The molecule has 1 aromatic rings. The van der Waals surface area contributed by atoms with Crippen molar-refractivity contribution in [3.8, 4) is 0 Å². The summed E-state index contributed by atoms with van der Waals surface area (Å²) in [7, 11) is 2.01. The van der Waals surface area contributed by atoms with Gasteiger partial charge in [-0.25, -0.2) is 0 Å². The fraction of sp³-hybridized carbons (Fsp3) is 0.786. The predicted octanol–water partition coefficient (Wildman–Crippen LogP) is 2.89. The van der Waals surface area contributed by atoms with Crippen LogP contribution in [0.1, 0.15) is 58.1 Å². The van der Waals surface area contributed by atoms with Crippen LogP contribution in [0, 0.1) is 0 Å². The molecule has 1 aromatic heterocycles. The van der Waals surface area contributed by atoms with Crippen molar-refractivity contribution >= 4 is 11.5 Å². The van der Waals surface area contributed by atoms with Gasteiger partial charge < -0.3 is 10.6 Å². The largest absolute Gasteiger partial charge is 0.394 e. The zero-order chi connectivity index (χ0) is 13.3. The van der Waals surface area contributed by atoms with Crippen LogP contribution in [0.25, 0.3) is 0 Å². The average molecular weight is 250 g/mol. The van der Waals surface area contributed by atoms with Gasteiger partial charge in [-0.05, 0) is 25.2 Å². The SMILES string of the molecule is CCCCN(c1c(N)c(C(C)C)nn1C)C1CC1. The maximum absolute atomic E-state index is 6.32. The third-order valence-corrected chi connectivity index (χ3v) is 3.64. The van der Waals surface area contributed by atoms with Crippen LogP contribution in [0.15, 0.2) is 0 Å². The van der Waals surface area contributed by atoms with Gasteiger partial charge in [-0.3, -0.25) is 4.68 Å². The van der Waals surface area contributed by atoms with Gasteiger partial charge in [-0.15, -0.1) is 0 Å². The summed E-state index contributed by atoms with van der Waals surface area (Å²) < 4.78 is 1.97. The molecule has 0 aliphatic heterocycles. The summed E-state index contributed by atoms with van der Waals surface area (Å²) in [5.41, 5.74) is 8.24. The molecule has 0 spiro atoms. The van der Waals surface area contributed by atoms with Crippen LogP contribution in [0.4, 0.5) is 11.5 Å². The summed E-state index contributed by atoms with van der Waals surface area (Å²) in [6.07, 6.45) is 5.03. The Labute approximate surface area is 110 Å². The quantitative estimate of drug-likeness (QED) is 0.844. The van der Waals surface area contributed by atoms with Crippen molar-refractivity contribution in [1.82, 2.24) is 9.78 Å². The first kappa shape index (κ1) is 13.2. The zero-order valence-corrected chi connectivity index (χ0v) is 12.1. The topological polar surface area (TPSA) is 47.1 Å². The molecule has 4 nitrogen and oxygen atoms in total.